The summed E-state index contributed by atoms with van der Waals surface area (Å²) < 4.78 is 2.33. The molecule has 0 amide bonds. The van der Waals surface area contributed by atoms with Crippen LogP contribution in [0.15, 0.2) is 6.20 Å². The summed E-state index contributed by atoms with van der Waals surface area (Å²) in [6, 6.07) is 0.578. The van der Waals surface area contributed by atoms with Gasteiger partial charge in [-0.15, -0.1) is 0 Å². The Hall–Kier alpha value is -1.03. The molecule has 1 aromatic heterocycles. The molecule has 1 aliphatic rings. The summed E-state index contributed by atoms with van der Waals surface area (Å²) in [7, 11) is 2.20. The van der Waals surface area contributed by atoms with Crippen molar-refractivity contribution in [2.75, 3.05) is 32.0 Å². The van der Waals surface area contributed by atoms with Crippen LogP contribution in [0.25, 0.3) is 0 Å². The van der Waals surface area contributed by atoms with Gasteiger partial charge in [-0.2, -0.15) is 0 Å². The first kappa shape index (κ1) is 12.4. The van der Waals surface area contributed by atoms with Crippen LogP contribution < -0.4 is 5.32 Å². The second-order valence-electron chi connectivity index (χ2n) is 5.10. The van der Waals surface area contributed by atoms with E-state index in [4.69, 9.17) is 0 Å². The fraction of sp³-hybridized carbons (Fsp3) is 0.769. The Labute approximate surface area is 104 Å². The van der Waals surface area contributed by atoms with Crippen LogP contribution in [-0.2, 0) is 0 Å². The normalized spacial score (nSPS) is 21.7. The number of aromatic nitrogens is 2. The maximum atomic E-state index is 4.58. The summed E-state index contributed by atoms with van der Waals surface area (Å²) in [5.41, 5.74) is 1.11. The summed E-state index contributed by atoms with van der Waals surface area (Å²) in [4.78, 5) is 6.99. The van der Waals surface area contributed by atoms with E-state index in [1.54, 1.807) is 0 Å². The zero-order chi connectivity index (χ0) is 12.3. The van der Waals surface area contributed by atoms with Gasteiger partial charge in [-0.1, -0.05) is 6.92 Å². The molecule has 0 bridgehead atoms. The van der Waals surface area contributed by atoms with E-state index in [1.807, 2.05) is 0 Å². The number of rotatable bonds is 4. The van der Waals surface area contributed by atoms with Crippen molar-refractivity contribution in [2.45, 2.75) is 39.2 Å². The lowest BCUT2D eigenvalue weighted by molar-refractivity contribution is 0.213. The van der Waals surface area contributed by atoms with Gasteiger partial charge in [0, 0.05) is 25.3 Å². The molecular weight excluding hydrogens is 212 g/mol. The Bertz CT molecular complexity index is 358. The van der Waals surface area contributed by atoms with Gasteiger partial charge in [-0.25, -0.2) is 4.98 Å². The van der Waals surface area contributed by atoms with Gasteiger partial charge in [0.2, 0.25) is 5.95 Å². The van der Waals surface area contributed by atoms with Crippen molar-refractivity contribution in [3.63, 3.8) is 0 Å². The number of likely N-dealkylation sites (N-methyl/N-ethyl adjacent to an activating group) is 1. The third-order valence-electron chi connectivity index (χ3n) is 3.38. The van der Waals surface area contributed by atoms with Crippen molar-refractivity contribution in [2.24, 2.45) is 0 Å². The lowest BCUT2D eigenvalue weighted by atomic mass is 10.1. The van der Waals surface area contributed by atoms with E-state index in [2.05, 4.69) is 46.9 Å². The molecule has 1 atom stereocenters. The second kappa shape index (κ2) is 5.54. The Balaban J connectivity index is 2.12. The fourth-order valence-corrected chi connectivity index (χ4v) is 2.53. The number of hydrogen-bond acceptors (Lipinski definition) is 3. The van der Waals surface area contributed by atoms with Gasteiger partial charge in [0.15, 0.2) is 0 Å². The van der Waals surface area contributed by atoms with Gasteiger partial charge in [-0.3, -0.25) is 0 Å². The number of imidazole rings is 1. The molecule has 1 fully saturated rings. The smallest absolute Gasteiger partial charge is 0.203 e. The summed E-state index contributed by atoms with van der Waals surface area (Å²) in [5, 5.41) is 3.43. The Morgan fingerprint density at radius 3 is 3.06 bits per heavy atom. The molecule has 17 heavy (non-hydrogen) atoms. The zero-order valence-electron chi connectivity index (χ0n) is 11.2. The highest BCUT2D eigenvalue weighted by atomic mass is 15.2. The maximum Gasteiger partial charge on any atom is 0.203 e. The SMILES string of the molecule is CCCNc1nc(C)cn1C1CCCN(C)C1. The largest absolute Gasteiger partial charge is 0.356 e. The van der Waals surface area contributed by atoms with Crippen LogP contribution in [0.2, 0.25) is 0 Å². The van der Waals surface area contributed by atoms with Gasteiger partial charge < -0.3 is 14.8 Å². The first-order valence-corrected chi connectivity index (χ1v) is 6.68. The average molecular weight is 236 g/mol. The van der Waals surface area contributed by atoms with Crippen molar-refractivity contribution in [1.82, 2.24) is 14.5 Å². The summed E-state index contributed by atoms with van der Waals surface area (Å²) in [5.74, 6) is 1.05. The Morgan fingerprint density at radius 2 is 2.35 bits per heavy atom. The van der Waals surface area contributed by atoms with Gasteiger partial charge >= 0.3 is 0 Å². The summed E-state index contributed by atoms with van der Waals surface area (Å²) >= 11 is 0. The number of hydrogen-bond donors (Lipinski definition) is 1. The number of nitrogens with zero attached hydrogens (tertiary/aromatic N) is 3. The van der Waals surface area contributed by atoms with E-state index in [0.717, 1.165) is 31.2 Å². The number of likely N-dealkylation sites (tertiary alicyclic amines) is 1. The molecule has 1 aliphatic heterocycles. The number of anilines is 1. The topological polar surface area (TPSA) is 33.1 Å². The molecule has 0 spiro atoms. The highest BCUT2D eigenvalue weighted by molar-refractivity contribution is 5.29. The van der Waals surface area contributed by atoms with Crippen LogP contribution in [0.4, 0.5) is 5.95 Å². The quantitative estimate of drug-likeness (QED) is 0.870. The summed E-state index contributed by atoms with van der Waals surface area (Å²) in [6.45, 7) is 7.61. The minimum Gasteiger partial charge on any atom is -0.356 e. The molecule has 2 heterocycles. The van der Waals surface area contributed by atoms with Crippen LogP contribution in [0.5, 0.6) is 0 Å². The van der Waals surface area contributed by atoms with Crippen molar-refractivity contribution in [3.05, 3.63) is 11.9 Å². The fourth-order valence-electron chi connectivity index (χ4n) is 2.53. The third kappa shape index (κ3) is 3.00. The van der Waals surface area contributed by atoms with Gasteiger partial charge in [0.05, 0.1) is 5.69 Å². The lowest BCUT2D eigenvalue weighted by Crippen LogP contribution is -2.33. The van der Waals surface area contributed by atoms with Crippen LogP contribution in [0, 0.1) is 6.92 Å². The van der Waals surface area contributed by atoms with Crippen molar-refractivity contribution < 1.29 is 0 Å². The standard InChI is InChI=1S/C13H24N4/c1-4-7-14-13-15-11(2)9-17(13)12-6-5-8-16(3)10-12/h9,12H,4-8,10H2,1-3H3,(H,14,15). The van der Waals surface area contributed by atoms with Crippen LogP contribution in [-0.4, -0.2) is 41.1 Å². The molecular formula is C13H24N4. The Morgan fingerprint density at radius 1 is 1.53 bits per heavy atom. The van der Waals surface area contributed by atoms with Gasteiger partial charge in [-0.05, 0) is 39.8 Å². The number of aryl methyl sites for hydroxylation is 1. The number of piperidine rings is 1. The predicted molar refractivity (Wildman–Crippen MR) is 71.5 cm³/mol. The van der Waals surface area contributed by atoms with Gasteiger partial charge in [0.25, 0.3) is 0 Å². The molecule has 0 aromatic carbocycles. The van der Waals surface area contributed by atoms with Crippen molar-refractivity contribution in [3.8, 4) is 0 Å². The van der Waals surface area contributed by atoms with Crippen molar-refractivity contribution in [1.29, 1.82) is 0 Å². The third-order valence-corrected chi connectivity index (χ3v) is 3.38. The van der Waals surface area contributed by atoms with E-state index in [9.17, 15) is 0 Å². The first-order chi connectivity index (χ1) is 8.20. The molecule has 4 nitrogen and oxygen atoms in total. The molecule has 1 saturated heterocycles. The van der Waals surface area contributed by atoms with Crippen LogP contribution >= 0.6 is 0 Å². The van der Waals surface area contributed by atoms with E-state index in [0.29, 0.717) is 6.04 Å². The first-order valence-electron chi connectivity index (χ1n) is 6.68. The average Bonchev–Trinajstić information content (AvgIpc) is 2.68. The summed E-state index contributed by atoms with van der Waals surface area (Å²) in [6.07, 6.45) is 5.87. The minimum absolute atomic E-state index is 0.578. The molecule has 0 radical (unpaired) electrons. The minimum atomic E-state index is 0.578. The molecule has 1 unspecified atom stereocenters. The second-order valence-corrected chi connectivity index (χ2v) is 5.10. The maximum absolute atomic E-state index is 4.58. The van der Waals surface area contributed by atoms with E-state index in [1.165, 1.54) is 19.4 Å². The van der Waals surface area contributed by atoms with E-state index < -0.39 is 0 Å². The molecule has 2 rings (SSSR count). The van der Waals surface area contributed by atoms with Crippen LogP contribution in [0.1, 0.15) is 37.9 Å². The molecule has 4 heteroatoms. The molecule has 0 aliphatic carbocycles. The predicted octanol–water partition coefficient (Wildman–Crippen LogP) is 2.28. The van der Waals surface area contributed by atoms with Crippen LogP contribution in [0.3, 0.4) is 0 Å². The van der Waals surface area contributed by atoms with E-state index >= 15 is 0 Å². The molecule has 96 valence electrons. The monoisotopic (exact) mass is 236 g/mol. The highest BCUT2D eigenvalue weighted by Gasteiger charge is 2.21. The van der Waals surface area contributed by atoms with Gasteiger partial charge in [0.1, 0.15) is 0 Å². The highest BCUT2D eigenvalue weighted by Crippen LogP contribution is 2.24. The number of nitrogens with one attached hydrogen (secondary N) is 1. The lowest BCUT2D eigenvalue weighted by Gasteiger charge is -2.31. The zero-order valence-corrected chi connectivity index (χ0v) is 11.2. The Kier molecular flexibility index (Phi) is 4.05. The van der Waals surface area contributed by atoms with E-state index in [-0.39, 0.29) is 0 Å². The van der Waals surface area contributed by atoms with Crippen molar-refractivity contribution >= 4 is 5.95 Å². The molecule has 0 saturated carbocycles. The molecule has 1 N–H and O–H groups in total. The molecule has 1 aromatic rings.